The summed E-state index contributed by atoms with van der Waals surface area (Å²) < 4.78 is 0. The quantitative estimate of drug-likeness (QED) is 0.919. The predicted molar refractivity (Wildman–Crippen MR) is 70.3 cm³/mol. The van der Waals surface area contributed by atoms with Crippen molar-refractivity contribution >= 4 is 34.5 Å². The number of halogens is 2. The van der Waals surface area contributed by atoms with Crippen molar-refractivity contribution in [3.8, 4) is 10.6 Å². The first kappa shape index (κ1) is 11.9. The van der Waals surface area contributed by atoms with E-state index in [1.54, 1.807) is 17.4 Å². The number of hydrogen-bond acceptors (Lipinski definition) is 3. The standard InChI is InChI=1S/C11H10Cl2N2S/c1-14-5-8-6-16-11(15-8)9-3-2-7(12)4-10(9)13/h2-4,6,14H,5H2,1H3. The molecule has 0 unspecified atom stereocenters. The molecule has 1 aromatic carbocycles. The largest absolute Gasteiger partial charge is 0.314 e. The Bertz CT molecular complexity index is 496. The molecule has 2 nitrogen and oxygen atoms in total. The molecule has 0 fully saturated rings. The van der Waals surface area contributed by atoms with Gasteiger partial charge in [0.2, 0.25) is 0 Å². The van der Waals surface area contributed by atoms with Crippen molar-refractivity contribution in [1.82, 2.24) is 10.3 Å². The second-order valence-corrected chi connectivity index (χ2v) is 5.00. The minimum absolute atomic E-state index is 0.637. The van der Waals surface area contributed by atoms with Gasteiger partial charge in [-0.15, -0.1) is 11.3 Å². The first-order valence-corrected chi connectivity index (χ1v) is 6.38. The van der Waals surface area contributed by atoms with Crippen LogP contribution in [0.4, 0.5) is 0 Å². The molecule has 0 amide bonds. The van der Waals surface area contributed by atoms with E-state index in [1.807, 2.05) is 24.6 Å². The number of nitrogens with zero attached hydrogens (tertiary/aromatic N) is 1. The van der Waals surface area contributed by atoms with E-state index in [0.717, 1.165) is 22.8 Å². The van der Waals surface area contributed by atoms with Gasteiger partial charge in [0, 0.05) is 22.5 Å². The smallest absolute Gasteiger partial charge is 0.125 e. The highest BCUT2D eigenvalue weighted by molar-refractivity contribution is 7.13. The van der Waals surface area contributed by atoms with Crippen LogP contribution in [0, 0.1) is 0 Å². The third kappa shape index (κ3) is 2.55. The van der Waals surface area contributed by atoms with Crippen molar-refractivity contribution in [3.63, 3.8) is 0 Å². The minimum atomic E-state index is 0.637. The Morgan fingerprint density at radius 2 is 2.19 bits per heavy atom. The maximum absolute atomic E-state index is 6.12. The van der Waals surface area contributed by atoms with Crippen LogP contribution in [-0.4, -0.2) is 12.0 Å². The Labute approximate surface area is 108 Å². The van der Waals surface area contributed by atoms with Gasteiger partial charge < -0.3 is 5.32 Å². The maximum Gasteiger partial charge on any atom is 0.125 e. The maximum atomic E-state index is 6.12. The molecule has 0 atom stereocenters. The van der Waals surface area contributed by atoms with Crippen molar-refractivity contribution in [3.05, 3.63) is 39.3 Å². The average Bonchev–Trinajstić information content (AvgIpc) is 2.67. The molecule has 0 aliphatic rings. The lowest BCUT2D eigenvalue weighted by Crippen LogP contribution is -2.04. The summed E-state index contributed by atoms with van der Waals surface area (Å²) in [4.78, 5) is 4.49. The van der Waals surface area contributed by atoms with Crippen LogP contribution in [0.15, 0.2) is 23.6 Å². The van der Waals surface area contributed by atoms with Gasteiger partial charge in [0.05, 0.1) is 10.7 Å². The van der Waals surface area contributed by atoms with E-state index in [4.69, 9.17) is 23.2 Å². The number of rotatable bonds is 3. The van der Waals surface area contributed by atoms with E-state index in [9.17, 15) is 0 Å². The van der Waals surface area contributed by atoms with Crippen molar-refractivity contribution in [1.29, 1.82) is 0 Å². The number of thiazole rings is 1. The number of hydrogen-bond donors (Lipinski definition) is 1. The van der Waals surface area contributed by atoms with Crippen molar-refractivity contribution < 1.29 is 0 Å². The molecule has 0 saturated carbocycles. The van der Waals surface area contributed by atoms with Gasteiger partial charge in [-0.25, -0.2) is 4.98 Å². The van der Waals surface area contributed by atoms with E-state index in [2.05, 4.69) is 10.3 Å². The predicted octanol–water partition coefficient (Wildman–Crippen LogP) is 3.84. The molecule has 0 spiro atoms. The summed E-state index contributed by atoms with van der Waals surface area (Å²) in [5.74, 6) is 0. The number of nitrogens with one attached hydrogen (secondary N) is 1. The Kier molecular flexibility index (Phi) is 3.82. The molecule has 0 radical (unpaired) electrons. The Balaban J connectivity index is 2.35. The molecule has 1 aromatic heterocycles. The molecule has 0 bridgehead atoms. The molecule has 0 aliphatic heterocycles. The van der Waals surface area contributed by atoms with Gasteiger partial charge in [-0.2, -0.15) is 0 Å². The number of benzene rings is 1. The summed E-state index contributed by atoms with van der Waals surface area (Å²) in [6, 6.07) is 5.45. The minimum Gasteiger partial charge on any atom is -0.314 e. The van der Waals surface area contributed by atoms with Gasteiger partial charge in [-0.05, 0) is 25.2 Å². The van der Waals surface area contributed by atoms with Gasteiger partial charge in [0.15, 0.2) is 0 Å². The fourth-order valence-electron chi connectivity index (χ4n) is 1.36. The highest BCUT2D eigenvalue weighted by atomic mass is 35.5. The lowest BCUT2D eigenvalue weighted by atomic mass is 10.2. The van der Waals surface area contributed by atoms with Gasteiger partial charge in [-0.3, -0.25) is 0 Å². The zero-order valence-corrected chi connectivity index (χ0v) is 11.0. The molecule has 0 aliphatic carbocycles. The van der Waals surface area contributed by atoms with Gasteiger partial charge in [-0.1, -0.05) is 23.2 Å². The zero-order valence-electron chi connectivity index (χ0n) is 8.63. The molecule has 1 N–H and O–H groups in total. The Morgan fingerprint density at radius 1 is 1.38 bits per heavy atom. The highest BCUT2D eigenvalue weighted by Crippen LogP contribution is 2.32. The Morgan fingerprint density at radius 3 is 2.88 bits per heavy atom. The van der Waals surface area contributed by atoms with E-state index >= 15 is 0 Å². The highest BCUT2D eigenvalue weighted by Gasteiger charge is 2.08. The van der Waals surface area contributed by atoms with Crippen LogP contribution in [0.2, 0.25) is 10.0 Å². The van der Waals surface area contributed by atoms with Gasteiger partial charge >= 0.3 is 0 Å². The van der Waals surface area contributed by atoms with Crippen molar-refractivity contribution in [2.75, 3.05) is 7.05 Å². The molecule has 84 valence electrons. The van der Waals surface area contributed by atoms with E-state index in [-0.39, 0.29) is 0 Å². The molecule has 0 saturated heterocycles. The van der Waals surface area contributed by atoms with Crippen LogP contribution in [0.5, 0.6) is 0 Å². The van der Waals surface area contributed by atoms with Gasteiger partial charge in [0.25, 0.3) is 0 Å². The third-order valence-electron chi connectivity index (χ3n) is 2.07. The molecular formula is C11H10Cl2N2S. The van der Waals surface area contributed by atoms with Crippen molar-refractivity contribution in [2.24, 2.45) is 0 Å². The van der Waals surface area contributed by atoms with Gasteiger partial charge in [0.1, 0.15) is 5.01 Å². The Hall–Kier alpha value is -0.610. The van der Waals surface area contributed by atoms with E-state index < -0.39 is 0 Å². The fraction of sp³-hybridized carbons (Fsp3) is 0.182. The van der Waals surface area contributed by atoms with Crippen LogP contribution >= 0.6 is 34.5 Å². The van der Waals surface area contributed by atoms with Crippen LogP contribution < -0.4 is 5.32 Å². The average molecular weight is 273 g/mol. The second kappa shape index (κ2) is 5.15. The normalized spacial score (nSPS) is 10.7. The third-order valence-corrected chi connectivity index (χ3v) is 3.54. The van der Waals surface area contributed by atoms with Crippen LogP contribution in [0.3, 0.4) is 0 Å². The fourth-order valence-corrected chi connectivity index (χ4v) is 2.77. The SMILES string of the molecule is CNCc1csc(-c2ccc(Cl)cc2Cl)n1. The first-order valence-electron chi connectivity index (χ1n) is 4.75. The molecule has 2 rings (SSSR count). The summed E-state index contributed by atoms with van der Waals surface area (Å²) >= 11 is 13.5. The summed E-state index contributed by atoms with van der Waals surface area (Å²) in [5, 5.41) is 7.29. The summed E-state index contributed by atoms with van der Waals surface area (Å²) in [6.45, 7) is 0.766. The van der Waals surface area contributed by atoms with E-state index in [1.165, 1.54) is 0 Å². The summed E-state index contributed by atoms with van der Waals surface area (Å²) in [7, 11) is 1.90. The summed E-state index contributed by atoms with van der Waals surface area (Å²) in [5.41, 5.74) is 1.95. The van der Waals surface area contributed by atoms with Crippen LogP contribution in [0.1, 0.15) is 5.69 Å². The molecule has 5 heteroatoms. The molecule has 16 heavy (non-hydrogen) atoms. The molecular weight excluding hydrogens is 263 g/mol. The zero-order chi connectivity index (χ0) is 11.5. The lowest BCUT2D eigenvalue weighted by molar-refractivity contribution is 0.798. The molecule has 2 aromatic rings. The van der Waals surface area contributed by atoms with E-state index in [0.29, 0.717) is 10.0 Å². The number of aromatic nitrogens is 1. The topological polar surface area (TPSA) is 24.9 Å². The van der Waals surface area contributed by atoms with Crippen molar-refractivity contribution in [2.45, 2.75) is 6.54 Å². The molecule has 1 heterocycles. The monoisotopic (exact) mass is 272 g/mol. The van der Waals surface area contributed by atoms with Crippen LogP contribution in [0.25, 0.3) is 10.6 Å². The summed E-state index contributed by atoms with van der Waals surface area (Å²) in [6.07, 6.45) is 0. The second-order valence-electron chi connectivity index (χ2n) is 3.30. The van der Waals surface area contributed by atoms with Crippen LogP contribution in [-0.2, 0) is 6.54 Å². The lowest BCUT2D eigenvalue weighted by Gasteiger charge is -2.00. The first-order chi connectivity index (χ1) is 7.70.